The lowest BCUT2D eigenvalue weighted by atomic mass is 9.82. The minimum Gasteiger partial charge on any atom is -0.480 e. The van der Waals surface area contributed by atoms with Gasteiger partial charge in [-0.15, -0.1) is 0 Å². The fraction of sp³-hybridized carbons (Fsp3) is 0.395. The van der Waals surface area contributed by atoms with Crippen molar-refractivity contribution in [1.29, 1.82) is 0 Å². The second-order valence-electron chi connectivity index (χ2n) is 15.9. The Kier molecular flexibility index (Phi) is 18.2. The highest BCUT2D eigenvalue weighted by Gasteiger charge is 2.39. The molecule has 7 N–H and O–H groups in total. The second-order valence-corrected chi connectivity index (χ2v) is 15.9. The van der Waals surface area contributed by atoms with Gasteiger partial charge in [0, 0.05) is 74.7 Å². The fourth-order valence-corrected chi connectivity index (χ4v) is 6.88. The highest BCUT2D eigenvalue weighted by Crippen LogP contribution is 2.41. The molecular formula is C43H50F5N7O10. The molecule has 0 bridgehead atoms. The lowest BCUT2D eigenvalue weighted by Gasteiger charge is -2.41. The lowest BCUT2D eigenvalue weighted by Crippen LogP contribution is -2.53. The van der Waals surface area contributed by atoms with Crippen molar-refractivity contribution in [2.75, 3.05) is 26.2 Å². The molecule has 1 aliphatic heterocycles. The predicted octanol–water partition coefficient (Wildman–Crippen LogP) is 3.36. The molecule has 1 aliphatic rings. The first-order valence-electron chi connectivity index (χ1n) is 19.9. The molecule has 6 amide bonds. The number of primary amides is 1. The van der Waals surface area contributed by atoms with Crippen LogP contribution in [0.15, 0.2) is 72.9 Å². The highest BCUT2D eigenvalue weighted by molar-refractivity contribution is 6.14. The van der Waals surface area contributed by atoms with Gasteiger partial charge in [0.25, 0.3) is 11.8 Å². The number of carboxylic acids is 2. The maximum Gasteiger partial charge on any atom is 0.490 e. The van der Waals surface area contributed by atoms with Crippen LogP contribution in [-0.2, 0) is 44.9 Å². The number of carbonyl (C=O) groups is 8. The number of nitrogens with two attached hydrogens (primary N) is 2. The van der Waals surface area contributed by atoms with Gasteiger partial charge in [-0.25, -0.2) is 18.4 Å². The molecule has 65 heavy (non-hydrogen) atoms. The van der Waals surface area contributed by atoms with Crippen LogP contribution < -0.4 is 16.8 Å². The Balaban J connectivity index is 0.00000148. The lowest BCUT2D eigenvalue weighted by molar-refractivity contribution is -0.192. The summed E-state index contributed by atoms with van der Waals surface area (Å²) in [4.78, 5) is 99.8. The topological polar surface area (TPSA) is 256 Å². The number of alkyl halides is 3. The van der Waals surface area contributed by atoms with Gasteiger partial charge in [0.1, 0.15) is 24.2 Å². The molecule has 4 rings (SSSR count). The van der Waals surface area contributed by atoms with Crippen molar-refractivity contribution in [2.45, 2.75) is 77.8 Å². The minimum atomic E-state index is -5.08. The molecule has 22 heteroatoms. The van der Waals surface area contributed by atoms with Crippen LogP contribution in [0, 0.1) is 17.0 Å². The number of hydrogen-bond acceptors (Lipinski definition) is 9. The first-order valence-corrected chi connectivity index (χ1v) is 19.9. The normalized spacial score (nSPS) is 13.9. The molecule has 352 valence electrons. The third-order valence-corrected chi connectivity index (χ3v) is 9.93. The number of aliphatic carboxylic acids is 2. The zero-order chi connectivity index (χ0) is 49.0. The Bertz CT molecular complexity index is 2260. The molecule has 0 fully saturated rings. The van der Waals surface area contributed by atoms with Crippen LogP contribution in [-0.4, -0.2) is 121 Å². The molecule has 0 saturated heterocycles. The van der Waals surface area contributed by atoms with Crippen molar-refractivity contribution in [3.05, 3.63) is 95.8 Å². The number of nitrogens with zero attached hydrogens (tertiary/aromatic N) is 4. The van der Waals surface area contributed by atoms with Crippen LogP contribution in [0.3, 0.4) is 0 Å². The largest absolute Gasteiger partial charge is 0.490 e. The van der Waals surface area contributed by atoms with Crippen LogP contribution in [0.1, 0.15) is 64.3 Å². The van der Waals surface area contributed by atoms with Gasteiger partial charge >= 0.3 is 18.1 Å². The monoisotopic (exact) mass is 919 g/mol. The van der Waals surface area contributed by atoms with E-state index in [1.165, 1.54) is 6.92 Å². The summed E-state index contributed by atoms with van der Waals surface area (Å²) in [6.45, 7) is 6.03. The molecule has 1 aromatic heterocycles. The molecule has 0 radical (unpaired) electrons. The maximum absolute atomic E-state index is 15.1. The van der Waals surface area contributed by atoms with E-state index in [1.807, 2.05) is 55.7 Å². The molecule has 0 aliphatic carbocycles. The number of imide groups is 1. The summed E-state index contributed by atoms with van der Waals surface area (Å²) < 4.78 is 63.0. The molecule has 2 aromatic carbocycles. The van der Waals surface area contributed by atoms with Crippen molar-refractivity contribution in [2.24, 2.45) is 16.9 Å². The molecule has 0 saturated carbocycles. The SMILES string of the molecule is CC(=O)N(CC[C@H](N)C(=O)NCCN(C(=O)CN1C(=O)C=CC1=O)[C@@H](CCC(N)=O)C(=O)O)[C@@H](c1cc(-c2cc(F)ccc2F)cn1Cc1ccccc1)C(C)(C)C.O=C(O)C(F)(F)F. The Morgan fingerprint density at radius 3 is 1.98 bits per heavy atom. The van der Waals surface area contributed by atoms with E-state index >= 15 is 4.39 Å². The number of amides is 6. The van der Waals surface area contributed by atoms with Crippen LogP contribution in [0.5, 0.6) is 0 Å². The zero-order valence-electron chi connectivity index (χ0n) is 35.8. The van der Waals surface area contributed by atoms with E-state index in [9.17, 15) is 56.2 Å². The molecule has 17 nitrogen and oxygen atoms in total. The Morgan fingerprint density at radius 1 is 0.862 bits per heavy atom. The number of carbonyl (C=O) groups excluding carboxylic acids is 6. The van der Waals surface area contributed by atoms with Crippen molar-refractivity contribution < 1.29 is 70.5 Å². The van der Waals surface area contributed by atoms with Crippen molar-refractivity contribution >= 4 is 47.4 Å². The Morgan fingerprint density at radius 2 is 1.46 bits per heavy atom. The smallest absolute Gasteiger partial charge is 0.480 e. The van der Waals surface area contributed by atoms with E-state index in [1.54, 1.807) is 17.2 Å². The van der Waals surface area contributed by atoms with Gasteiger partial charge in [-0.2, -0.15) is 13.2 Å². The van der Waals surface area contributed by atoms with Crippen molar-refractivity contribution in [3.63, 3.8) is 0 Å². The quantitative estimate of drug-likeness (QED) is 0.0861. The summed E-state index contributed by atoms with van der Waals surface area (Å²) in [6.07, 6.45) is -2.22. The summed E-state index contributed by atoms with van der Waals surface area (Å²) in [7, 11) is 0. The molecule has 3 atom stereocenters. The van der Waals surface area contributed by atoms with Crippen molar-refractivity contribution in [3.8, 4) is 11.1 Å². The number of hydrogen-bond donors (Lipinski definition) is 5. The van der Waals surface area contributed by atoms with E-state index < -0.39 is 95.9 Å². The molecule has 2 heterocycles. The number of benzene rings is 2. The number of rotatable bonds is 19. The van der Waals surface area contributed by atoms with Gasteiger partial charge in [0.15, 0.2) is 0 Å². The minimum absolute atomic E-state index is 0.00320. The van der Waals surface area contributed by atoms with E-state index in [-0.39, 0.29) is 43.8 Å². The van der Waals surface area contributed by atoms with Gasteiger partial charge in [0.05, 0.1) is 12.1 Å². The summed E-state index contributed by atoms with van der Waals surface area (Å²) >= 11 is 0. The summed E-state index contributed by atoms with van der Waals surface area (Å²) in [6, 6.07) is 11.0. The first-order chi connectivity index (χ1) is 30.2. The van der Waals surface area contributed by atoms with Crippen LogP contribution in [0.2, 0.25) is 0 Å². The number of nitrogens with one attached hydrogen (secondary N) is 1. The molecule has 0 spiro atoms. The maximum atomic E-state index is 15.1. The predicted molar refractivity (Wildman–Crippen MR) is 222 cm³/mol. The van der Waals surface area contributed by atoms with Crippen LogP contribution >= 0.6 is 0 Å². The fourth-order valence-electron chi connectivity index (χ4n) is 6.88. The number of aromatic nitrogens is 1. The average Bonchev–Trinajstić information content (AvgIpc) is 3.76. The van der Waals surface area contributed by atoms with Gasteiger partial charge in [-0.05, 0) is 48.1 Å². The Labute approximate surface area is 369 Å². The standard InChI is InChI=1S/C41H49F2N7O8.C2HF3O2/c1-25(51)48(38(41(2,3)4)33-20-27(29-21-28(42)10-11-30(29)43)23-47(33)22-26-8-6-5-7-9-26)18-16-31(44)39(56)46-17-19-49(32(40(57)58)12-13-34(45)52)37(55)24-50-35(53)14-15-36(50)54;3-2(4,5)1(6)7/h5-11,14-15,20-21,23,31-32,38H,12-13,16-19,22,24,44H2,1-4H3,(H2,45,52)(H,46,56)(H,57,58);(H,6,7)/t31-,32-,38-;/m0./s1. The zero-order valence-corrected chi connectivity index (χ0v) is 35.8. The Hall–Kier alpha value is -6.97. The third kappa shape index (κ3) is 15.1. The first kappa shape index (κ1) is 52.4. The molecule has 0 unspecified atom stereocenters. The molecular weight excluding hydrogens is 870 g/mol. The van der Waals surface area contributed by atoms with Gasteiger partial charge in [-0.3, -0.25) is 33.7 Å². The van der Waals surface area contributed by atoms with Crippen LogP contribution in [0.25, 0.3) is 11.1 Å². The van der Waals surface area contributed by atoms with E-state index in [0.717, 1.165) is 40.8 Å². The van der Waals surface area contributed by atoms with E-state index in [4.69, 9.17) is 21.4 Å². The van der Waals surface area contributed by atoms with Gasteiger partial charge in [0.2, 0.25) is 23.6 Å². The van der Waals surface area contributed by atoms with Crippen LogP contribution in [0.4, 0.5) is 22.0 Å². The van der Waals surface area contributed by atoms with Crippen molar-refractivity contribution in [1.82, 2.24) is 24.6 Å². The molecule has 3 aromatic rings. The summed E-state index contributed by atoms with van der Waals surface area (Å²) in [5.41, 5.74) is 12.9. The highest BCUT2D eigenvalue weighted by atomic mass is 19.4. The van der Waals surface area contributed by atoms with Gasteiger partial charge in [-0.1, -0.05) is 51.1 Å². The summed E-state index contributed by atoms with van der Waals surface area (Å²) in [5, 5.41) is 19.6. The van der Waals surface area contributed by atoms with Gasteiger partial charge < -0.3 is 41.4 Å². The average molecular weight is 920 g/mol. The number of carboxylic acid groups (broad SMARTS) is 2. The number of halogens is 5. The summed E-state index contributed by atoms with van der Waals surface area (Å²) in [5.74, 6) is -9.76. The third-order valence-electron chi connectivity index (χ3n) is 9.93. The second kappa shape index (κ2) is 22.6. The van der Waals surface area contributed by atoms with E-state index in [2.05, 4.69) is 5.32 Å². The van der Waals surface area contributed by atoms with E-state index in [0.29, 0.717) is 22.7 Å².